The number of sulfonamides is 1. The number of hydrogen-bond acceptors (Lipinski definition) is 3. The lowest BCUT2D eigenvalue weighted by atomic mass is 10.1. The molecule has 0 aliphatic heterocycles. The molecule has 0 bridgehead atoms. The van der Waals surface area contributed by atoms with Crippen LogP contribution in [0.5, 0.6) is 0 Å². The zero-order valence-corrected chi connectivity index (χ0v) is 11.2. The molecule has 5 nitrogen and oxygen atoms in total. The van der Waals surface area contributed by atoms with E-state index in [1.165, 1.54) is 6.20 Å². The summed E-state index contributed by atoms with van der Waals surface area (Å²) in [5, 5.41) is 0. The van der Waals surface area contributed by atoms with Crippen LogP contribution >= 0.6 is 0 Å². The molecule has 0 radical (unpaired) electrons. The van der Waals surface area contributed by atoms with E-state index in [1.807, 2.05) is 18.2 Å². The zero-order chi connectivity index (χ0) is 13.7. The van der Waals surface area contributed by atoms with Crippen LogP contribution < -0.4 is 5.73 Å². The third-order valence-electron chi connectivity index (χ3n) is 2.61. The molecule has 1 aromatic carbocycles. The number of aromatic nitrogens is 1. The summed E-state index contributed by atoms with van der Waals surface area (Å²) in [5.74, 6) is 0.0736. The highest BCUT2D eigenvalue weighted by atomic mass is 32.2. The third-order valence-corrected chi connectivity index (χ3v) is 3.75. The van der Waals surface area contributed by atoms with Crippen LogP contribution in [0.25, 0.3) is 4.72 Å². The number of nitrogens with zero attached hydrogens (tertiary/aromatic N) is 2. The topological polar surface area (TPSA) is 88.8 Å². The van der Waals surface area contributed by atoms with Gasteiger partial charge in [0.1, 0.15) is 0 Å². The van der Waals surface area contributed by atoms with Crippen molar-refractivity contribution in [1.29, 1.82) is 0 Å². The van der Waals surface area contributed by atoms with Gasteiger partial charge in [-0.2, -0.15) is 0 Å². The monoisotopic (exact) mass is 277 g/mol. The Morgan fingerprint density at radius 1 is 1.05 bits per heavy atom. The molecule has 100 valence electrons. The Kier molecular flexibility index (Phi) is 4.13. The molecule has 0 unspecified atom stereocenters. The SMILES string of the molecule is [NH3+]Cc1ccccc1CS(=O)(=O)[N-]c1ccccn1. The highest BCUT2D eigenvalue weighted by Crippen LogP contribution is 2.22. The van der Waals surface area contributed by atoms with Crippen LogP contribution in [0.1, 0.15) is 11.1 Å². The van der Waals surface area contributed by atoms with E-state index in [-0.39, 0.29) is 11.6 Å². The first-order chi connectivity index (χ1) is 9.11. The maximum Gasteiger partial charge on any atom is 0.177 e. The first kappa shape index (κ1) is 13.5. The number of quaternary nitrogens is 1. The van der Waals surface area contributed by atoms with Crippen molar-refractivity contribution in [3.8, 4) is 0 Å². The van der Waals surface area contributed by atoms with Crippen LogP contribution in [0.3, 0.4) is 0 Å². The first-order valence-electron chi connectivity index (χ1n) is 5.83. The van der Waals surface area contributed by atoms with Gasteiger partial charge in [-0.15, -0.1) is 0 Å². The Morgan fingerprint density at radius 2 is 1.74 bits per heavy atom. The molecule has 0 aliphatic rings. The third kappa shape index (κ3) is 3.77. The van der Waals surface area contributed by atoms with Gasteiger partial charge in [0.25, 0.3) is 0 Å². The van der Waals surface area contributed by atoms with Gasteiger partial charge in [-0.3, -0.25) is 0 Å². The molecule has 1 aromatic heterocycles. The average molecular weight is 277 g/mol. The summed E-state index contributed by atoms with van der Waals surface area (Å²) in [4.78, 5) is 3.89. The molecule has 0 spiro atoms. The first-order valence-corrected chi connectivity index (χ1v) is 7.44. The predicted molar refractivity (Wildman–Crippen MR) is 72.9 cm³/mol. The highest BCUT2D eigenvalue weighted by molar-refractivity contribution is 7.93. The summed E-state index contributed by atoms with van der Waals surface area (Å²) >= 11 is 0. The molecular weight excluding hydrogens is 262 g/mol. The molecule has 0 fully saturated rings. The number of pyridine rings is 1. The lowest BCUT2D eigenvalue weighted by Gasteiger charge is -2.15. The molecule has 2 aromatic rings. The largest absolute Gasteiger partial charge is 0.442 e. The summed E-state index contributed by atoms with van der Waals surface area (Å²) in [6.45, 7) is 0.551. The number of rotatable bonds is 5. The fourth-order valence-corrected chi connectivity index (χ4v) is 2.85. The lowest BCUT2D eigenvalue weighted by Crippen LogP contribution is -2.47. The van der Waals surface area contributed by atoms with E-state index in [4.69, 9.17) is 0 Å². The van der Waals surface area contributed by atoms with Gasteiger partial charge < -0.3 is 15.4 Å². The maximum absolute atomic E-state index is 12.0. The molecule has 0 atom stereocenters. The van der Waals surface area contributed by atoms with Crippen LogP contribution in [0, 0.1) is 0 Å². The Balaban J connectivity index is 2.18. The number of hydrogen-bond donors (Lipinski definition) is 1. The molecule has 2 rings (SSSR count). The average Bonchev–Trinajstić information content (AvgIpc) is 2.39. The molecule has 0 saturated heterocycles. The minimum absolute atomic E-state index is 0.130. The minimum Gasteiger partial charge on any atom is -0.442 e. The van der Waals surface area contributed by atoms with E-state index in [1.54, 1.807) is 24.3 Å². The summed E-state index contributed by atoms with van der Waals surface area (Å²) in [5.41, 5.74) is 5.45. The van der Waals surface area contributed by atoms with E-state index < -0.39 is 10.0 Å². The molecule has 19 heavy (non-hydrogen) atoms. The van der Waals surface area contributed by atoms with Crippen molar-refractivity contribution in [2.45, 2.75) is 12.3 Å². The van der Waals surface area contributed by atoms with Gasteiger partial charge in [0.15, 0.2) is 10.0 Å². The molecular formula is C13H15N3O2S. The van der Waals surface area contributed by atoms with Gasteiger partial charge in [0.05, 0.1) is 12.3 Å². The van der Waals surface area contributed by atoms with Gasteiger partial charge in [0, 0.05) is 5.56 Å². The molecule has 0 saturated carbocycles. The van der Waals surface area contributed by atoms with Gasteiger partial charge in [-0.25, -0.2) is 8.42 Å². The minimum atomic E-state index is -3.59. The standard InChI is InChI=1S/C13H14N3O2S/c14-9-11-5-1-2-6-12(11)10-19(17,18)16-13-7-3-4-8-15-13/h1-8H,9-10,14H2/q-1/p+1. The Hall–Kier alpha value is -1.92. The van der Waals surface area contributed by atoms with Gasteiger partial charge >= 0.3 is 0 Å². The van der Waals surface area contributed by atoms with Crippen molar-refractivity contribution in [2.24, 2.45) is 0 Å². The predicted octanol–water partition coefficient (Wildman–Crippen LogP) is 1.36. The van der Waals surface area contributed by atoms with Crippen molar-refractivity contribution >= 4 is 15.8 Å². The molecule has 0 aliphatic carbocycles. The molecule has 0 amide bonds. The van der Waals surface area contributed by atoms with Crippen molar-refractivity contribution < 1.29 is 14.2 Å². The Morgan fingerprint density at radius 3 is 2.37 bits per heavy atom. The van der Waals surface area contributed by atoms with Gasteiger partial charge in [-0.05, 0) is 11.4 Å². The van der Waals surface area contributed by atoms with Crippen LogP contribution in [-0.4, -0.2) is 13.4 Å². The molecule has 6 heteroatoms. The fraction of sp³-hybridized carbons (Fsp3) is 0.154. The van der Waals surface area contributed by atoms with Crippen molar-refractivity contribution in [1.82, 2.24) is 4.98 Å². The van der Waals surface area contributed by atoms with Crippen LogP contribution in [-0.2, 0) is 22.3 Å². The Labute approximate surface area is 112 Å². The van der Waals surface area contributed by atoms with Gasteiger partial charge in [0.2, 0.25) is 0 Å². The number of benzene rings is 1. The van der Waals surface area contributed by atoms with E-state index in [0.29, 0.717) is 6.54 Å². The van der Waals surface area contributed by atoms with Crippen LogP contribution in [0.15, 0.2) is 48.7 Å². The smallest absolute Gasteiger partial charge is 0.177 e. The van der Waals surface area contributed by atoms with E-state index in [9.17, 15) is 8.42 Å². The summed E-state index contributed by atoms with van der Waals surface area (Å²) in [6.07, 6.45) is 1.51. The second-order valence-electron chi connectivity index (χ2n) is 4.02. The van der Waals surface area contributed by atoms with Gasteiger partial charge in [-0.1, -0.05) is 48.7 Å². The second kappa shape index (κ2) is 5.81. The van der Waals surface area contributed by atoms with Crippen LogP contribution in [0.2, 0.25) is 0 Å². The summed E-state index contributed by atoms with van der Waals surface area (Å²) in [6, 6.07) is 12.3. The molecule has 1 heterocycles. The van der Waals surface area contributed by atoms with Crippen molar-refractivity contribution in [2.75, 3.05) is 0 Å². The van der Waals surface area contributed by atoms with Crippen molar-refractivity contribution in [3.63, 3.8) is 0 Å². The van der Waals surface area contributed by atoms with Crippen molar-refractivity contribution in [3.05, 3.63) is 64.5 Å². The second-order valence-corrected chi connectivity index (χ2v) is 5.66. The lowest BCUT2D eigenvalue weighted by molar-refractivity contribution is -0.386. The fourth-order valence-electron chi connectivity index (χ4n) is 1.72. The van der Waals surface area contributed by atoms with E-state index >= 15 is 0 Å². The Bertz CT molecular complexity index is 642. The van der Waals surface area contributed by atoms with E-state index in [2.05, 4.69) is 15.4 Å². The summed E-state index contributed by atoms with van der Waals surface area (Å²) in [7, 11) is -3.59. The maximum atomic E-state index is 12.0. The highest BCUT2D eigenvalue weighted by Gasteiger charge is 2.10. The quantitative estimate of drug-likeness (QED) is 0.894. The van der Waals surface area contributed by atoms with Crippen LogP contribution in [0.4, 0.5) is 5.82 Å². The van der Waals surface area contributed by atoms with E-state index in [0.717, 1.165) is 11.1 Å². The molecule has 3 N–H and O–H groups in total. The zero-order valence-electron chi connectivity index (χ0n) is 10.4. The summed E-state index contributed by atoms with van der Waals surface area (Å²) < 4.78 is 27.7. The normalized spacial score (nSPS) is 11.2.